The second-order valence-electron chi connectivity index (χ2n) is 5.98. The van der Waals surface area contributed by atoms with Gasteiger partial charge < -0.3 is 5.32 Å². The lowest BCUT2D eigenvalue weighted by Crippen LogP contribution is -2.06. The summed E-state index contributed by atoms with van der Waals surface area (Å²) in [5.74, 6) is 0.944. The molecule has 24 heavy (non-hydrogen) atoms. The van der Waals surface area contributed by atoms with Gasteiger partial charge in [-0.1, -0.05) is 6.07 Å². The Morgan fingerprint density at radius 1 is 1.33 bits per heavy atom. The molecule has 0 unspecified atom stereocenters. The maximum atomic E-state index is 11.1. The van der Waals surface area contributed by atoms with Crippen LogP contribution in [0.2, 0.25) is 0 Å². The zero-order valence-corrected chi connectivity index (χ0v) is 14.2. The molecule has 0 atom stereocenters. The van der Waals surface area contributed by atoms with Crippen LogP contribution in [0.25, 0.3) is 16.3 Å². The SMILES string of the molecule is Cc1csc(-c2nn(-c3cc([N+](=O)[O-])ccc3C)c3c2CCN3)c1. The van der Waals surface area contributed by atoms with E-state index in [1.807, 2.05) is 11.6 Å². The fourth-order valence-corrected chi connectivity index (χ4v) is 3.95. The number of non-ortho nitro benzene ring substituents is 1. The first-order chi connectivity index (χ1) is 11.5. The van der Waals surface area contributed by atoms with Crippen molar-refractivity contribution in [3.05, 3.63) is 56.5 Å². The summed E-state index contributed by atoms with van der Waals surface area (Å²) in [5.41, 5.74) is 5.15. The molecule has 4 rings (SSSR count). The fraction of sp³-hybridized carbons (Fsp3) is 0.235. The lowest BCUT2D eigenvalue weighted by Gasteiger charge is -2.09. The highest BCUT2D eigenvalue weighted by molar-refractivity contribution is 7.13. The number of nitrogens with one attached hydrogen (secondary N) is 1. The molecule has 1 aliphatic heterocycles. The van der Waals surface area contributed by atoms with E-state index >= 15 is 0 Å². The summed E-state index contributed by atoms with van der Waals surface area (Å²) in [6, 6.07) is 7.02. The van der Waals surface area contributed by atoms with Crippen LogP contribution >= 0.6 is 11.3 Å². The molecule has 1 aromatic carbocycles. The largest absolute Gasteiger partial charge is 0.369 e. The first-order valence-corrected chi connectivity index (χ1v) is 8.59. The third-order valence-corrected chi connectivity index (χ3v) is 5.30. The summed E-state index contributed by atoms with van der Waals surface area (Å²) < 4.78 is 1.81. The molecule has 122 valence electrons. The van der Waals surface area contributed by atoms with E-state index in [-0.39, 0.29) is 10.6 Å². The van der Waals surface area contributed by atoms with Gasteiger partial charge >= 0.3 is 0 Å². The smallest absolute Gasteiger partial charge is 0.271 e. The van der Waals surface area contributed by atoms with E-state index in [0.717, 1.165) is 40.6 Å². The van der Waals surface area contributed by atoms with Crippen molar-refractivity contribution in [2.75, 3.05) is 11.9 Å². The predicted octanol–water partition coefficient (Wildman–Crippen LogP) is 4.09. The highest BCUT2D eigenvalue weighted by atomic mass is 32.1. The first-order valence-electron chi connectivity index (χ1n) is 7.71. The highest BCUT2D eigenvalue weighted by Crippen LogP contribution is 2.38. The molecule has 6 nitrogen and oxygen atoms in total. The number of thiophene rings is 1. The standard InChI is InChI=1S/C17H16N4O2S/c1-10-7-15(24-9-10)16-13-5-6-18-17(13)20(19-16)14-8-12(21(22)23)4-3-11(14)2/h3-4,7-9,18H,5-6H2,1-2H3. The fourth-order valence-electron chi connectivity index (χ4n) is 3.04. The summed E-state index contributed by atoms with van der Waals surface area (Å²) in [5, 5.41) is 21.4. The Kier molecular flexibility index (Phi) is 3.38. The normalized spacial score (nSPS) is 12.9. The summed E-state index contributed by atoms with van der Waals surface area (Å²) in [6.07, 6.45) is 0.912. The highest BCUT2D eigenvalue weighted by Gasteiger charge is 2.25. The second-order valence-corrected chi connectivity index (χ2v) is 6.89. The molecule has 2 aromatic heterocycles. The van der Waals surface area contributed by atoms with E-state index in [4.69, 9.17) is 5.10 Å². The summed E-state index contributed by atoms with van der Waals surface area (Å²) >= 11 is 1.68. The number of hydrogen-bond acceptors (Lipinski definition) is 5. The lowest BCUT2D eigenvalue weighted by atomic mass is 10.1. The van der Waals surface area contributed by atoms with Gasteiger partial charge in [-0.15, -0.1) is 11.3 Å². The first kappa shape index (κ1) is 14.9. The topological polar surface area (TPSA) is 73.0 Å². The van der Waals surface area contributed by atoms with Crippen LogP contribution in [-0.4, -0.2) is 21.2 Å². The molecule has 0 saturated heterocycles. The van der Waals surface area contributed by atoms with E-state index in [1.165, 1.54) is 17.2 Å². The van der Waals surface area contributed by atoms with Gasteiger partial charge in [0.05, 0.1) is 15.5 Å². The Morgan fingerprint density at radius 2 is 2.17 bits per heavy atom. The van der Waals surface area contributed by atoms with Gasteiger partial charge in [0.15, 0.2) is 0 Å². The van der Waals surface area contributed by atoms with Crippen LogP contribution < -0.4 is 5.32 Å². The number of fused-ring (bicyclic) bond motifs is 1. The molecule has 0 spiro atoms. The maximum absolute atomic E-state index is 11.1. The molecule has 1 N–H and O–H groups in total. The number of benzene rings is 1. The van der Waals surface area contributed by atoms with Crippen molar-refractivity contribution in [1.82, 2.24) is 9.78 Å². The molecule has 3 aromatic rings. The molecule has 3 heterocycles. The van der Waals surface area contributed by atoms with Gasteiger partial charge in [-0.2, -0.15) is 5.10 Å². The number of aryl methyl sites for hydroxylation is 2. The minimum atomic E-state index is -0.371. The van der Waals surface area contributed by atoms with E-state index in [2.05, 4.69) is 23.7 Å². The quantitative estimate of drug-likeness (QED) is 0.575. The molecule has 1 aliphatic rings. The van der Waals surface area contributed by atoms with E-state index in [0.29, 0.717) is 0 Å². The Bertz CT molecular complexity index is 958. The molecular formula is C17H16N4O2S. The monoisotopic (exact) mass is 340 g/mol. The van der Waals surface area contributed by atoms with Crippen LogP contribution in [-0.2, 0) is 6.42 Å². The van der Waals surface area contributed by atoms with Crippen molar-refractivity contribution in [2.24, 2.45) is 0 Å². The minimum absolute atomic E-state index is 0.0753. The van der Waals surface area contributed by atoms with Gasteiger partial charge in [0.25, 0.3) is 5.69 Å². The number of nitrogens with zero attached hydrogens (tertiary/aromatic N) is 3. The lowest BCUT2D eigenvalue weighted by molar-refractivity contribution is -0.384. The van der Waals surface area contributed by atoms with Crippen LogP contribution in [0.5, 0.6) is 0 Å². The summed E-state index contributed by atoms with van der Waals surface area (Å²) in [4.78, 5) is 11.9. The van der Waals surface area contributed by atoms with Crippen molar-refractivity contribution in [3.8, 4) is 16.3 Å². The molecule has 7 heteroatoms. The van der Waals surface area contributed by atoms with Crippen LogP contribution in [0.4, 0.5) is 11.5 Å². The molecule has 0 bridgehead atoms. The summed E-state index contributed by atoms with van der Waals surface area (Å²) in [6.45, 7) is 4.87. The number of nitro groups is 1. The van der Waals surface area contributed by atoms with Crippen molar-refractivity contribution in [1.29, 1.82) is 0 Å². The van der Waals surface area contributed by atoms with Gasteiger partial charge in [-0.05, 0) is 42.8 Å². The Hall–Kier alpha value is -2.67. The van der Waals surface area contributed by atoms with E-state index in [1.54, 1.807) is 23.5 Å². The number of rotatable bonds is 3. The molecule has 0 saturated carbocycles. The van der Waals surface area contributed by atoms with E-state index < -0.39 is 0 Å². The van der Waals surface area contributed by atoms with Crippen molar-refractivity contribution >= 4 is 22.8 Å². The molecular weight excluding hydrogens is 324 g/mol. The molecule has 0 radical (unpaired) electrons. The van der Waals surface area contributed by atoms with Crippen LogP contribution in [0, 0.1) is 24.0 Å². The van der Waals surface area contributed by atoms with Gasteiger partial charge in [0.2, 0.25) is 0 Å². The van der Waals surface area contributed by atoms with Gasteiger partial charge in [0, 0.05) is 24.2 Å². The third-order valence-electron chi connectivity index (χ3n) is 4.25. The van der Waals surface area contributed by atoms with Crippen molar-refractivity contribution in [2.45, 2.75) is 20.3 Å². The minimum Gasteiger partial charge on any atom is -0.369 e. The zero-order valence-electron chi connectivity index (χ0n) is 13.4. The van der Waals surface area contributed by atoms with Crippen molar-refractivity contribution < 1.29 is 4.92 Å². The number of nitro benzene ring substituents is 1. The maximum Gasteiger partial charge on any atom is 0.271 e. The number of anilines is 1. The molecule has 0 amide bonds. The number of hydrogen-bond donors (Lipinski definition) is 1. The van der Waals surface area contributed by atoms with Crippen LogP contribution in [0.15, 0.2) is 29.6 Å². The predicted molar refractivity (Wildman–Crippen MR) is 95.2 cm³/mol. The Balaban J connectivity index is 1.91. The Labute approximate surface area is 142 Å². The van der Waals surface area contributed by atoms with Gasteiger partial charge in [-0.25, -0.2) is 4.68 Å². The third kappa shape index (κ3) is 2.28. The molecule has 0 aliphatic carbocycles. The Morgan fingerprint density at radius 3 is 2.88 bits per heavy atom. The summed E-state index contributed by atoms with van der Waals surface area (Å²) in [7, 11) is 0. The molecule has 0 fully saturated rings. The average Bonchev–Trinajstić information content (AvgIpc) is 3.24. The van der Waals surface area contributed by atoms with Crippen LogP contribution in [0.3, 0.4) is 0 Å². The van der Waals surface area contributed by atoms with Gasteiger partial charge in [0.1, 0.15) is 11.5 Å². The average molecular weight is 340 g/mol. The second kappa shape index (κ2) is 5.45. The van der Waals surface area contributed by atoms with Crippen molar-refractivity contribution in [3.63, 3.8) is 0 Å². The zero-order chi connectivity index (χ0) is 16.8. The van der Waals surface area contributed by atoms with Crippen LogP contribution in [0.1, 0.15) is 16.7 Å². The van der Waals surface area contributed by atoms with E-state index in [9.17, 15) is 10.1 Å². The number of aromatic nitrogens is 2. The van der Waals surface area contributed by atoms with Gasteiger partial charge in [-0.3, -0.25) is 10.1 Å².